The molecule has 2 aliphatic heterocycles. The van der Waals surface area contributed by atoms with E-state index in [0.29, 0.717) is 48.0 Å². The minimum absolute atomic E-state index is 0.0104. The van der Waals surface area contributed by atoms with Crippen LogP contribution in [0.2, 0.25) is 10.0 Å². The quantitative estimate of drug-likeness (QED) is 0.590. The van der Waals surface area contributed by atoms with Crippen LogP contribution >= 0.6 is 23.2 Å². The van der Waals surface area contributed by atoms with Crippen LogP contribution in [0.4, 0.5) is 4.79 Å². The van der Waals surface area contributed by atoms with E-state index in [0.717, 1.165) is 0 Å². The molecule has 34 heavy (non-hydrogen) atoms. The number of hydrogen-bond donors (Lipinski definition) is 1. The first-order valence-electron chi connectivity index (χ1n) is 11.5. The van der Waals surface area contributed by atoms with E-state index in [1.54, 1.807) is 32.2 Å². The van der Waals surface area contributed by atoms with Crippen LogP contribution in [0.5, 0.6) is 0 Å². The summed E-state index contributed by atoms with van der Waals surface area (Å²) < 4.78 is 5.38. The number of hydrogen-bond acceptors (Lipinski definition) is 5. The topological polar surface area (TPSA) is 82.2 Å². The number of ether oxygens (including phenoxy) is 1. The highest BCUT2D eigenvalue weighted by molar-refractivity contribution is 6.42. The number of esters is 1. The first-order chi connectivity index (χ1) is 16.1. The third-order valence-corrected chi connectivity index (χ3v) is 7.06. The molecule has 1 aromatic carbocycles. The van der Waals surface area contributed by atoms with Gasteiger partial charge in [0, 0.05) is 50.9 Å². The number of nitrogens with zero attached hydrogens (tertiary/aromatic N) is 3. The molecule has 3 rings (SSSR count). The summed E-state index contributed by atoms with van der Waals surface area (Å²) in [4.78, 5) is 44.1. The molecule has 8 nitrogen and oxygen atoms in total. The van der Waals surface area contributed by atoms with Gasteiger partial charge in [-0.05, 0) is 25.5 Å². The van der Waals surface area contributed by atoms with Crippen molar-refractivity contribution in [3.63, 3.8) is 0 Å². The standard InChI is InChI=1S/C24H32Cl2N4O4/c1-6-34-23(32)19-18(13-29-10-11-30(15(4)12-29)22(31)14(2)3)28(5)24(33)27-21(19)16-8-7-9-17(25)20(16)26/h7-9,14-15,21H,6,10-13H2,1-5H3,(H,27,33)/t15-,21+/m1/s1. The second kappa shape index (κ2) is 11.0. The Morgan fingerprint density at radius 3 is 2.56 bits per heavy atom. The molecule has 0 bridgehead atoms. The summed E-state index contributed by atoms with van der Waals surface area (Å²) >= 11 is 12.7. The molecule has 2 heterocycles. The molecule has 0 aromatic heterocycles. The lowest BCUT2D eigenvalue weighted by Crippen LogP contribution is -2.56. The number of carbonyl (C=O) groups excluding carboxylic acids is 3. The highest BCUT2D eigenvalue weighted by atomic mass is 35.5. The van der Waals surface area contributed by atoms with Gasteiger partial charge in [-0.15, -0.1) is 0 Å². The maximum Gasteiger partial charge on any atom is 0.338 e. The molecule has 1 aromatic rings. The lowest BCUT2D eigenvalue weighted by molar-refractivity contribution is -0.139. The van der Waals surface area contributed by atoms with Gasteiger partial charge in [0.2, 0.25) is 5.91 Å². The lowest BCUT2D eigenvalue weighted by Gasteiger charge is -2.43. The zero-order valence-corrected chi connectivity index (χ0v) is 21.7. The maximum atomic E-state index is 13.2. The summed E-state index contributed by atoms with van der Waals surface area (Å²) in [6.45, 7) is 9.91. The zero-order chi connectivity index (χ0) is 25.2. The number of likely N-dealkylation sites (N-methyl/N-ethyl adjacent to an activating group) is 1. The number of benzene rings is 1. The van der Waals surface area contributed by atoms with Crippen molar-refractivity contribution in [2.24, 2.45) is 5.92 Å². The summed E-state index contributed by atoms with van der Waals surface area (Å²) in [6, 6.07) is 3.97. The molecular weight excluding hydrogens is 479 g/mol. The van der Waals surface area contributed by atoms with Gasteiger partial charge in [0.25, 0.3) is 0 Å². The Kier molecular flexibility index (Phi) is 8.49. The molecule has 1 fully saturated rings. The second-order valence-corrected chi connectivity index (χ2v) is 9.72. The van der Waals surface area contributed by atoms with Gasteiger partial charge >= 0.3 is 12.0 Å². The van der Waals surface area contributed by atoms with E-state index in [-0.39, 0.29) is 35.5 Å². The fraction of sp³-hybridized carbons (Fsp3) is 0.542. The smallest absolute Gasteiger partial charge is 0.338 e. The first kappa shape index (κ1) is 26.3. The zero-order valence-electron chi connectivity index (χ0n) is 20.2. The first-order valence-corrected chi connectivity index (χ1v) is 12.2. The Bertz CT molecular complexity index is 997. The third kappa shape index (κ3) is 5.34. The number of rotatable bonds is 6. The van der Waals surface area contributed by atoms with E-state index in [1.165, 1.54) is 4.90 Å². The fourth-order valence-electron chi connectivity index (χ4n) is 4.42. The summed E-state index contributed by atoms with van der Waals surface area (Å²) in [5, 5.41) is 3.47. The number of urea groups is 1. The van der Waals surface area contributed by atoms with E-state index in [4.69, 9.17) is 27.9 Å². The van der Waals surface area contributed by atoms with Crippen LogP contribution in [0.15, 0.2) is 29.5 Å². The minimum Gasteiger partial charge on any atom is -0.463 e. The van der Waals surface area contributed by atoms with Crippen molar-refractivity contribution < 1.29 is 19.1 Å². The Labute approximate surface area is 210 Å². The van der Waals surface area contributed by atoms with Gasteiger partial charge in [0.05, 0.1) is 28.3 Å². The summed E-state index contributed by atoms with van der Waals surface area (Å²) in [5.41, 5.74) is 1.39. The highest BCUT2D eigenvalue weighted by Crippen LogP contribution is 2.37. The molecule has 186 valence electrons. The molecule has 10 heteroatoms. The van der Waals surface area contributed by atoms with Crippen LogP contribution in [-0.2, 0) is 14.3 Å². The molecule has 2 atom stereocenters. The van der Waals surface area contributed by atoms with Gasteiger partial charge in [-0.3, -0.25) is 14.6 Å². The predicted octanol–water partition coefficient (Wildman–Crippen LogP) is 3.70. The molecule has 1 saturated heterocycles. The molecular formula is C24H32Cl2N4O4. The van der Waals surface area contributed by atoms with Crippen LogP contribution in [0, 0.1) is 5.92 Å². The molecule has 0 radical (unpaired) electrons. The van der Waals surface area contributed by atoms with Crippen molar-refractivity contribution in [1.29, 1.82) is 0 Å². The molecule has 0 aliphatic carbocycles. The average molecular weight is 511 g/mol. The van der Waals surface area contributed by atoms with E-state index in [1.807, 2.05) is 25.7 Å². The minimum atomic E-state index is -0.801. The van der Waals surface area contributed by atoms with Gasteiger partial charge in [-0.1, -0.05) is 49.2 Å². The van der Waals surface area contributed by atoms with Crippen LogP contribution < -0.4 is 5.32 Å². The monoisotopic (exact) mass is 510 g/mol. The van der Waals surface area contributed by atoms with Gasteiger partial charge in [-0.25, -0.2) is 9.59 Å². The second-order valence-electron chi connectivity index (χ2n) is 8.94. The van der Waals surface area contributed by atoms with E-state index in [9.17, 15) is 14.4 Å². The molecule has 0 unspecified atom stereocenters. The van der Waals surface area contributed by atoms with E-state index in [2.05, 4.69) is 10.2 Å². The molecule has 0 spiro atoms. The number of nitrogens with one attached hydrogen (secondary N) is 1. The summed E-state index contributed by atoms with van der Waals surface area (Å²) in [7, 11) is 1.63. The highest BCUT2D eigenvalue weighted by Gasteiger charge is 2.39. The van der Waals surface area contributed by atoms with Gasteiger partial charge < -0.3 is 15.0 Å². The van der Waals surface area contributed by atoms with E-state index >= 15 is 0 Å². The Morgan fingerprint density at radius 1 is 1.24 bits per heavy atom. The van der Waals surface area contributed by atoms with Crippen molar-refractivity contribution in [1.82, 2.24) is 20.0 Å². The van der Waals surface area contributed by atoms with Gasteiger partial charge in [-0.2, -0.15) is 0 Å². The Balaban J connectivity index is 1.98. The van der Waals surface area contributed by atoms with Gasteiger partial charge in [0.1, 0.15) is 0 Å². The van der Waals surface area contributed by atoms with Gasteiger partial charge in [0.15, 0.2) is 0 Å². The molecule has 1 N–H and O–H groups in total. The van der Waals surface area contributed by atoms with Crippen LogP contribution in [-0.4, -0.2) is 78.5 Å². The average Bonchev–Trinajstić information content (AvgIpc) is 2.78. The number of halogens is 2. The number of piperazine rings is 1. The normalized spacial score (nSPS) is 21.7. The fourth-order valence-corrected chi connectivity index (χ4v) is 4.84. The van der Waals surface area contributed by atoms with Crippen LogP contribution in [0.1, 0.15) is 39.3 Å². The van der Waals surface area contributed by atoms with Crippen molar-refractivity contribution in [3.8, 4) is 0 Å². The van der Waals surface area contributed by atoms with Crippen LogP contribution in [0.25, 0.3) is 0 Å². The van der Waals surface area contributed by atoms with Crippen molar-refractivity contribution in [2.45, 2.75) is 39.8 Å². The molecule has 2 aliphatic rings. The molecule has 0 saturated carbocycles. The Hall–Kier alpha value is -2.29. The maximum absolute atomic E-state index is 13.2. The number of amides is 3. The third-order valence-electron chi connectivity index (χ3n) is 6.23. The summed E-state index contributed by atoms with van der Waals surface area (Å²) in [6.07, 6.45) is 0. The SMILES string of the molecule is CCOC(=O)C1=C(CN2CCN(C(=O)C(C)C)[C@H](C)C2)N(C)C(=O)N[C@H]1c1cccc(Cl)c1Cl. The summed E-state index contributed by atoms with van der Waals surface area (Å²) in [5.74, 6) is -0.459. The number of carbonyl (C=O) groups is 3. The van der Waals surface area contributed by atoms with Crippen molar-refractivity contribution >= 4 is 41.1 Å². The van der Waals surface area contributed by atoms with Crippen LogP contribution in [0.3, 0.4) is 0 Å². The van der Waals surface area contributed by atoms with Crippen molar-refractivity contribution in [2.75, 3.05) is 39.8 Å². The lowest BCUT2D eigenvalue weighted by atomic mass is 9.94. The molecule has 3 amide bonds. The van der Waals surface area contributed by atoms with Crippen molar-refractivity contribution in [3.05, 3.63) is 45.1 Å². The largest absolute Gasteiger partial charge is 0.463 e. The predicted molar refractivity (Wildman–Crippen MR) is 132 cm³/mol. The Morgan fingerprint density at radius 2 is 1.94 bits per heavy atom. The van der Waals surface area contributed by atoms with E-state index < -0.39 is 12.0 Å².